The molecule has 0 spiro atoms. The normalized spacial score (nSPS) is 23.4. The topological polar surface area (TPSA) is 39.5 Å². The van der Waals surface area contributed by atoms with Gasteiger partial charge in [0.15, 0.2) is 6.29 Å². The second-order valence-corrected chi connectivity index (χ2v) is 6.26. The quantitative estimate of drug-likeness (QED) is 0.870. The van der Waals surface area contributed by atoms with Gasteiger partial charge in [-0.25, -0.2) is 4.68 Å². The SMILES string of the molecule is c1cnn(-c2ccc(CN3CCCC[C@H]3C3OCCO3)cc2)c1. The van der Waals surface area contributed by atoms with Crippen molar-refractivity contribution in [2.75, 3.05) is 19.8 Å². The number of aromatic nitrogens is 2. The van der Waals surface area contributed by atoms with Crippen LogP contribution in [0.15, 0.2) is 42.7 Å². The number of nitrogens with zero attached hydrogens (tertiary/aromatic N) is 3. The van der Waals surface area contributed by atoms with E-state index in [-0.39, 0.29) is 6.29 Å². The number of benzene rings is 1. The fourth-order valence-corrected chi connectivity index (χ4v) is 3.53. The Bertz CT molecular complexity index is 606. The molecule has 2 aliphatic rings. The summed E-state index contributed by atoms with van der Waals surface area (Å²) in [5.41, 5.74) is 2.42. The van der Waals surface area contributed by atoms with Gasteiger partial charge in [-0.15, -0.1) is 0 Å². The molecule has 0 bridgehead atoms. The van der Waals surface area contributed by atoms with Gasteiger partial charge >= 0.3 is 0 Å². The lowest BCUT2D eigenvalue weighted by atomic mass is 10.0. The molecule has 2 saturated heterocycles. The molecule has 5 nitrogen and oxygen atoms in total. The van der Waals surface area contributed by atoms with Crippen LogP contribution in [0.4, 0.5) is 0 Å². The van der Waals surface area contributed by atoms with E-state index in [0.717, 1.165) is 38.4 Å². The van der Waals surface area contributed by atoms with E-state index in [9.17, 15) is 0 Å². The van der Waals surface area contributed by atoms with E-state index in [0.29, 0.717) is 6.04 Å². The Morgan fingerprint density at radius 3 is 2.65 bits per heavy atom. The molecule has 0 N–H and O–H groups in total. The van der Waals surface area contributed by atoms with Gasteiger partial charge in [0.2, 0.25) is 0 Å². The zero-order chi connectivity index (χ0) is 15.5. The molecule has 0 amide bonds. The Hall–Kier alpha value is -1.69. The van der Waals surface area contributed by atoms with Crippen LogP contribution in [0.25, 0.3) is 5.69 Å². The average molecular weight is 313 g/mol. The molecule has 2 aliphatic heterocycles. The summed E-state index contributed by atoms with van der Waals surface area (Å²) in [5, 5.41) is 4.27. The minimum Gasteiger partial charge on any atom is -0.349 e. The number of likely N-dealkylation sites (tertiary alicyclic amines) is 1. The van der Waals surface area contributed by atoms with Crippen LogP contribution in [0.1, 0.15) is 24.8 Å². The van der Waals surface area contributed by atoms with E-state index in [1.807, 2.05) is 16.9 Å². The summed E-state index contributed by atoms with van der Waals surface area (Å²) in [6, 6.07) is 11.0. The number of hydrogen-bond acceptors (Lipinski definition) is 4. The van der Waals surface area contributed by atoms with Gasteiger partial charge < -0.3 is 9.47 Å². The van der Waals surface area contributed by atoms with Crippen molar-refractivity contribution in [2.45, 2.75) is 38.1 Å². The molecule has 2 aromatic rings. The molecule has 23 heavy (non-hydrogen) atoms. The summed E-state index contributed by atoms with van der Waals surface area (Å²) in [6.45, 7) is 3.53. The number of rotatable bonds is 4. The van der Waals surface area contributed by atoms with Crippen molar-refractivity contribution in [3.8, 4) is 5.69 Å². The summed E-state index contributed by atoms with van der Waals surface area (Å²) in [7, 11) is 0. The summed E-state index contributed by atoms with van der Waals surface area (Å²) < 4.78 is 13.4. The monoisotopic (exact) mass is 313 g/mol. The predicted octanol–water partition coefficient (Wildman–Crippen LogP) is 2.60. The van der Waals surface area contributed by atoms with Gasteiger partial charge in [-0.05, 0) is 43.1 Å². The lowest BCUT2D eigenvalue weighted by molar-refractivity contribution is -0.111. The second-order valence-electron chi connectivity index (χ2n) is 6.26. The van der Waals surface area contributed by atoms with Crippen molar-refractivity contribution in [2.24, 2.45) is 0 Å². The molecule has 0 radical (unpaired) electrons. The van der Waals surface area contributed by atoms with Crippen LogP contribution >= 0.6 is 0 Å². The third-order valence-corrected chi connectivity index (χ3v) is 4.72. The summed E-state index contributed by atoms with van der Waals surface area (Å²) >= 11 is 0. The lowest BCUT2D eigenvalue weighted by Crippen LogP contribution is -2.46. The highest BCUT2D eigenvalue weighted by molar-refractivity contribution is 5.33. The Balaban J connectivity index is 1.45. The van der Waals surface area contributed by atoms with Crippen LogP contribution in [0, 0.1) is 0 Å². The largest absolute Gasteiger partial charge is 0.349 e. The van der Waals surface area contributed by atoms with Gasteiger partial charge in [-0.2, -0.15) is 5.10 Å². The number of hydrogen-bond donors (Lipinski definition) is 0. The first-order chi connectivity index (χ1) is 11.4. The molecule has 1 atom stereocenters. The molecule has 2 fully saturated rings. The molecule has 0 saturated carbocycles. The van der Waals surface area contributed by atoms with Gasteiger partial charge in [0, 0.05) is 18.9 Å². The Morgan fingerprint density at radius 2 is 1.91 bits per heavy atom. The van der Waals surface area contributed by atoms with Gasteiger partial charge in [0.1, 0.15) is 0 Å². The highest BCUT2D eigenvalue weighted by Gasteiger charge is 2.33. The third-order valence-electron chi connectivity index (χ3n) is 4.72. The third kappa shape index (κ3) is 3.32. The second kappa shape index (κ2) is 6.83. The van der Waals surface area contributed by atoms with Gasteiger partial charge in [0.05, 0.1) is 24.9 Å². The summed E-state index contributed by atoms with van der Waals surface area (Å²) in [4.78, 5) is 2.52. The van der Waals surface area contributed by atoms with Crippen molar-refractivity contribution < 1.29 is 9.47 Å². The van der Waals surface area contributed by atoms with Crippen LogP contribution in [0.2, 0.25) is 0 Å². The van der Waals surface area contributed by atoms with Crippen LogP contribution in [0.5, 0.6) is 0 Å². The maximum Gasteiger partial charge on any atom is 0.173 e. The van der Waals surface area contributed by atoms with E-state index in [4.69, 9.17) is 9.47 Å². The molecule has 122 valence electrons. The Kier molecular flexibility index (Phi) is 4.41. The van der Waals surface area contributed by atoms with Crippen molar-refractivity contribution >= 4 is 0 Å². The van der Waals surface area contributed by atoms with E-state index < -0.39 is 0 Å². The zero-order valence-corrected chi connectivity index (χ0v) is 13.3. The van der Waals surface area contributed by atoms with Crippen LogP contribution in [-0.2, 0) is 16.0 Å². The van der Waals surface area contributed by atoms with Gasteiger partial charge in [-0.1, -0.05) is 18.6 Å². The highest BCUT2D eigenvalue weighted by Crippen LogP contribution is 2.26. The first-order valence-corrected chi connectivity index (χ1v) is 8.46. The van der Waals surface area contributed by atoms with Crippen molar-refractivity contribution in [3.63, 3.8) is 0 Å². The first kappa shape index (κ1) is 14.9. The Morgan fingerprint density at radius 1 is 1.09 bits per heavy atom. The van der Waals surface area contributed by atoms with Crippen molar-refractivity contribution in [1.29, 1.82) is 0 Å². The maximum atomic E-state index is 5.75. The standard InChI is InChI=1S/C18H23N3O2/c1-2-10-20(17(4-1)18-22-12-13-23-18)14-15-5-7-16(8-6-15)21-11-3-9-19-21/h3,5-9,11,17-18H,1-2,4,10,12-14H2/t17-/m0/s1. The molecule has 4 rings (SSSR count). The molecule has 1 aromatic heterocycles. The molecule has 3 heterocycles. The average Bonchev–Trinajstić information content (AvgIpc) is 3.30. The first-order valence-electron chi connectivity index (χ1n) is 8.46. The maximum absolute atomic E-state index is 5.75. The van der Waals surface area contributed by atoms with Crippen LogP contribution < -0.4 is 0 Å². The highest BCUT2D eigenvalue weighted by atomic mass is 16.7. The molecule has 0 unspecified atom stereocenters. The fourth-order valence-electron chi connectivity index (χ4n) is 3.53. The molecule has 0 aliphatic carbocycles. The van der Waals surface area contributed by atoms with E-state index in [1.165, 1.54) is 18.4 Å². The zero-order valence-electron chi connectivity index (χ0n) is 13.3. The van der Waals surface area contributed by atoms with E-state index in [1.54, 1.807) is 6.20 Å². The minimum atomic E-state index is -0.0429. The van der Waals surface area contributed by atoms with Gasteiger partial charge in [-0.3, -0.25) is 4.90 Å². The van der Waals surface area contributed by atoms with Gasteiger partial charge in [0.25, 0.3) is 0 Å². The van der Waals surface area contributed by atoms with Crippen molar-refractivity contribution in [1.82, 2.24) is 14.7 Å². The fraction of sp³-hybridized carbons (Fsp3) is 0.500. The van der Waals surface area contributed by atoms with Crippen molar-refractivity contribution in [3.05, 3.63) is 48.3 Å². The smallest absolute Gasteiger partial charge is 0.173 e. The number of piperidine rings is 1. The summed E-state index contributed by atoms with van der Waals surface area (Å²) in [5.74, 6) is 0. The van der Waals surface area contributed by atoms with Crippen LogP contribution in [0.3, 0.4) is 0 Å². The summed E-state index contributed by atoms with van der Waals surface area (Å²) in [6.07, 6.45) is 7.41. The van der Waals surface area contributed by atoms with Crippen LogP contribution in [-0.4, -0.2) is 46.8 Å². The predicted molar refractivity (Wildman–Crippen MR) is 87.3 cm³/mol. The molecule has 1 aromatic carbocycles. The molecule has 5 heteroatoms. The number of ether oxygens (including phenoxy) is 2. The Labute approximate surface area is 136 Å². The minimum absolute atomic E-state index is 0.0429. The van der Waals surface area contributed by atoms with E-state index >= 15 is 0 Å². The van der Waals surface area contributed by atoms with E-state index in [2.05, 4.69) is 34.3 Å². The lowest BCUT2D eigenvalue weighted by Gasteiger charge is -2.38. The molecular weight excluding hydrogens is 290 g/mol. The molecular formula is C18H23N3O2.